The molecular formula is C15H13ClFNO. The van der Waals surface area contributed by atoms with Crippen LogP contribution in [0.15, 0.2) is 42.5 Å². The molecule has 2 aromatic rings. The molecule has 98 valence electrons. The second-order valence-electron chi connectivity index (χ2n) is 4.30. The number of anilines is 1. The number of nitrogens with one attached hydrogen (secondary N) is 1. The second kappa shape index (κ2) is 5.85. The Kier molecular flexibility index (Phi) is 4.17. The summed E-state index contributed by atoms with van der Waals surface area (Å²) in [6, 6.07) is 11.4. The average molecular weight is 278 g/mol. The first kappa shape index (κ1) is 13.6. The van der Waals surface area contributed by atoms with Gasteiger partial charge in [-0.25, -0.2) is 4.39 Å². The van der Waals surface area contributed by atoms with Crippen LogP contribution in [0, 0.1) is 12.7 Å². The van der Waals surface area contributed by atoms with E-state index in [2.05, 4.69) is 5.32 Å². The Labute approximate surface area is 116 Å². The Morgan fingerprint density at radius 1 is 1.21 bits per heavy atom. The van der Waals surface area contributed by atoms with Crippen molar-refractivity contribution in [3.8, 4) is 0 Å². The van der Waals surface area contributed by atoms with Crippen LogP contribution in [0.25, 0.3) is 0 Å². The predicted octanol–water partition coefficient (Wildman–Crippen LogP) is 4.13. The molecule has 0 aromatic heterocycles. The lowest BCUT2D eigenvalue weighted by Crippen LogP contribution is -2.12. The molecule has 0 radical (unpaired) electrons. The fourth-order valence-corrected chi connectivity index (χ4v) is 1.94. The Balaban J connectivity index is 2.15. The molecule has 0 unspecified atom stereocenters. The van der Waals surface area contributed by atoms with Crippen LogP contribution < -0.4 is 5.32 Å². The van der Waals surface area contributed by atoms with Gasteiger partial charge in [0.15, 0.2) is 0 Å². The van der Waals surface area contributed by atoms with Crippen LogP contribution in [0.2, 0.25) is 0 Å². The molecule has 0 fully saturated rings. The minimum atomic E-state index is -0.368. The highest BCUT2D eigenvalue weighted by Crippen LogP contribution is 2.15. The van der Waals surface area contributed by atoms with Gasteiger partial charge in [-0.05, 0) is 48.4 Å². The smallest absolute Gasteiger partial charge is 0.255 e. The normalized spacial score (nSPS) is 10.3. The number of amides is 1. The fraction of sp³-hybridized carbons (Fsp3) is 0.133. The highest BCUT2D eigenvalue weighted by Gasteiger charge is 2.07. The maximum absolute atomic E-state index is 13.2. The van der Waals surface area contributed by atoms with Crippen molar-refractivity contribution in [3.63, 3.8) is 0 Å². The molecule has 0 heterocycles. The molecular weight excluding hydrogens is 265 g/mol. The highest BCUT2D eigenvalue weighted by atomic mass is 35.5. The number of benzene rings is 2. The molecule has 1 amide bonds. The summed E-state index contributed by atoms with van der Waals surface area (Å²) in [6.45, 7) is 1.77. The average Bonchev–Trinajstić information content (AvgIpc) is 2.37. The summed E-state index contributed by atoms with van der Waals surface area (Å²) in [4.78, 5) is 12.0. The largest absolute Gasteiger partial charge is 0.322 e. The molecule has 0 atom stereocenters. The molecule has 0 bridgehead atoms. The van der Waals surface area contributed by atoms with Gasteiger partial charge in [0.05, 0.1) is 0 Å². The number of carbonyl (C=O) groups excluding carboxylic acids is 1. The van der Waals surface area contributed by atoms with E-state index in [0.717, 1.165) is 11.1 Å². The summed E-state index contributed by atoms with van der Waals surface area (Å²) in [7, 11) is 0. The molecule has 0 aliphatic rings. The summed E-state index contributed by atoms with van der Waals surface area (Å²) in [5, 5.41) is 2.67. The first-order valence-corrected chi connectivity index (χ1v) is 6.35. The number of hydrogen-bond acceptors (Lipinski definition) is 1. The maximum Gasteiger partial charge on any atom is 0.255 e. The van der Waals surface area contributed by atoms with Crippen molar-refractivity contribution in [1.82, 2.24) is 0 Å². The van der Waals surface area contributed by atoms with Gasteiger partial charge < -0.3 is 5.32 Å². The monoisotopic (exact) mass is 277 g/mol. The summed E-state index contributed by atoms with van der Waals surface area (Å²) < 4.78 is 13.2. The minimum absolute atomic E-state index is 0.272. The third-order valence-corrected chi connectivity index (χ3v) is 2.98. The van der Waals surface area contributed by atoms with Gasteiger partial charge >= 0.3 is 0 Å². The topological polar surface area (TPSA) is 29.1 Å². The van der Waals surface area contributed by atoms with Crippen LogP contribution in [0.5, 0.6) is 0 Å². The molecule has 2 nitrogen and oxygen atoms in total. The zero-order valence-corrected chi connectivity index (χ0v) is 11.2. The van der Waals surface area contributed by atoms with Crippen LogP contribution >= 0.6 is 11.6 Å². The first-order chi connectivity index (χ1) is 9.08. The summed E-state index contributed by atoms with van der Waals surface area (Å²) >= 11 is 5.68. The SMILES string of the molecule is Cc1cc(F)cc(NC(=O)c2ccc(CCl)cc2)c1. The van der Waals surface area contributed by atoms with E-state index < -0.39 is 0 Å². The Bertz CT molecular complexity index is 575. The van der Waals surface area contributed by atoms with E-state index in [1.807, 2.05) is 0 Å². The second-order valence-corrected chi connectivity index (χ2v) is 4.57. The Morgan fingerprint density at radius 2 is 1.89 bits per heavy atom. The third kappa shape index (κ3) is 3.55. The number of alkyl halides is 1. The van der Waals surface area contributed by atoms with Gasteiger partial charge in [0, 0.05) is 17.1 Å². The zero-order chi connectivity index (χ0) is 13.8. The van der Waals surface area contributed by atoms with Gasteiger partial charge in [-0.1, -0.05) is 12.1 Å². The lowest BCUT2D eigenvalue weighted by Gasteiger charge is -2.07. The fourth-order valence-electron chi connectivity index (χ4n) is 1.76. The van der Waals surface area contributed by atoms with Crippen molar-refractivity contribution in [1.29, 1.82) is 0 Å². The van der Waals surface area contributed by atoms with E-state index in [-0.39, 0.29) is 11.7 Å². The molecule has 0 saturated carbocycles. The minimum Gasteiger partial charge on any atom is -0.322 e. The van der Waals surface area contributed by atoms with Gasteiger partial charge in [-0.3, -0.25) is 4.79 Å². The van der Waals surface area contributed by atoms with E-state index in [1.165, 1.54) is 12.1 Å². The van der Waals surface area contributed by atoms with Crippen molar-refractivity contribution < 1.29 is 9.18 Å². The summed E-state index contributed by atoms with van der Waals surface area (Å²) in [5.74, 6) is -0.232. The number of halogens is 2. The van der Waals surface area contributed by atoms with Crippen LogP contribution in [-0.4, -0.2) is 5.91 Å². The number of carbonyl (C=O) groups is 1. The molecule has 4 heteroatoms. The van der Waals surface area contributed by atoms with Gasteiger partial charge in [0.1, 0.15) is 5.82 Å². The molecule has 1 N–H and O–H groups in total. The maximum atomic E-state index is 13.2. The lowest BCUT2D eigenvalue weighted by molar-refractivity contribution is 0.102. The molecule has 19 heavy (non-hydrogen) atoms. The quantitative estimate of drug-likeness (QED) is 0.840. The van der Waals surface area contributed by atoms with E-state index in [0.29, 0.717) is 17.1 Å². The van der Waals surface area contributed by atoms with Gasteiger partial charge in [0.2, 0.25) is 0 Å². The van der Waals surface area contributed by atoms with E-state index in [1.54, 1.807) is 37.3 Å². The van der Waals surface area contributed by atoms with Crippen molar-refractivity contribution in [2.45, 2.75) is 12.8 Å². The summed E-state index contributed by atoms with van der Waals surface area (Å²) in [6.07, 6.45) is 0. The van der Waals surface area contributed by atoms with Crippen LogP contribution in [0.1, 0.15) is 21.5 Å². The standard InChI is InChI=1S/C15H13ClFNO/c1-10-6-13(17)8-14(7-10)18-15(19)12-4-2-11(9-16)3-5-12/h2-8H,9H2,1H3,(H,18,19). The molecule has 2 aromatic carbocycles. The predicted molar refractivity (Wildman–Crippen MR) is 75.1 cm³/mol. The van der Waals surface area contributed by atoms with Crippen molar-refractivity contribution >= 4 is 23.2 Å². The van der Waals surface area contributed by atoms with Gasteiger partial charge in [-0.2, -0.15) is 0 Å². The number of hydrogen-bond donors (Lipinski definition) is 1. The molecule has 2 rings (SSSR count). The van der Waals surface area contributed by atoms with E-state index in [4.69, 9.17) is 11.6 Å². The van der Waals surface area contributed by atoms with Gasteiger partial charge in [-0.15, -0.1) is 11.6 Å². The van der Waals surface area contributed by atoms with E-state index in [9.17, 15) is 9.18 Å². The van der Waals surface area contributed by atoms with Gasteiger partial charge in [0.25, 0.3) is 5.91 Å². The van der Waals surface area contributed by atoms with Crippen molar-refractivity contribution in [3.05, 3.63) is 65.0 Å². The first-order valence-electron chi connectivity index (χ1n) is 5.82. The van der Waals surface area contributed by atoms with Crippen LogP contribution in [0.4, 0.5) is 10.1 Å². The molecule has 0 spiro atoms. The Morgan fingerprint density at radius 3 is 2.47 bits per heavy atom. The highest BCUT2D eigenvalue weighted by molar-refractivity contribution is 6.17. The lowest BCUT2D eigenvalue weighted by atomic mass is 10.1. The van der Waals surface area contributed by atoms with Crippen molar-refractivity contribution in [2.24, 2.45) is 0 Å². The Hall–Kier alpha value is -1.87. The number of rotatable bonds is 3. The van der Waals surface area contributed by atoms with E-state index >= 15 is 0 Å². The molecule has 0 saturated heterocycles. The zero-order valence-electron chi connectivity index (χ0n) is 10.4. The summed E-state index contributed by atoms with van der Waals surface area (Å²) in [5.41, 5.74) is 2.66. The number of aryl methyl sites for hydroxylation is 1. The van der Waals surface area contributed by atoms with Crippen LogP contribution in [0.3, 0.4) is 0 Å². The third-order valence-electron chi connectivity index (χ3n) is 2.67. The van der Waals surface area contributed by atoms with Crippen molar-refractivity contribution in [2.75, 3.05) is 5.32 Å². The molecule has 0 aliphatic carbocycles. The molecule has 0 aliphatic heterocycles. The van der Waals surface area contributed by atoms with Crippen LogP contribution in [-0.2, 0) is 5.88 Å².